The second kappa shape index (κ2) is 8.17. The van der Waals surface area contributed by atoms with Crippen LogP contribution in [0, 0.1) is 15.0 Å². The Kier molecular flexibility index (Phi) is 6.50. The number of nitrogens with one attached hydrogen (secondary N) is 2. The lowest BCUT2D eigenvalue weighted by molar-refractivity contribution is 0.470. The predicted octanol–water partition coefficient (Wildman–Crippen LogP) is 2.34. The summed E-state index contributed by atoms with van der Waals surface area (Å²) in [6, 6.07) is 5.16. The maximum atomic E-state index is 12.6. The van der Waals surface area contributed by atoms with Gasteiger partial charge in [-0.3, -0.25) is 0 Å². The van der Waals surface area contributed by atoms with Gasteiger partial charge in [0.2, 0.25) is 10.0 Å². The number of hydrogen-bond acceptors (Lipinski definition) is 5. The lowest BCUT2D eigenvalue weighted by Crippen LogP contribution is -2.36. The van der Waals surface area contributed by atoms with Crippen molar-refractivity contribution in [3.63, 3.8) is 0 Å². The molecular weight excluding hydrogens is 427 g/mol. The molecule has 0 aliphatic carbocycles. The summed E-state index contributed by atoms with van der Waals surface area (Å²) in [4.78, 5) is 1.86. The summed E-state index contributed by atoms with van der Waals surface area (Å²) in [7, 11) is -3.59. The Morgan fingerprint density at radius 3 is 2.91 bits per heavy atom. The van der Waals surface area contributed by atoms with E-state index in [2.05, 4.69) is 23.2 Å². The number of rotatable bonds is 7. The van der Waals surface area contributed by atoms with E-state index in [9.17, 15) is 8.42 Å². The number of anilines is 1. The van der Waals surface area contributed by atoms with Crippen LogP contribution in [0.15, 0.2) is 23.1 Å². The summed E-state index contributed by atoms with van der Waals surface area (Å²) in [5.74, 6) is 0. The Morgan fingerprint density at radius 1 is 1.48 bits per heavy atom. The molecule has 0 amide bonds. The molecule has 2 rings (SSSR count). The van der Waals surface area contributed by atoms with E-state index in [-0.39, 0.29) is 10.9 Å². The number of nitriles is 1. The van der Waals surface area contributed by atoms with Crippen molar-refractivity contribution in [2.24, 2.45) is 0 Å². The van der Waals surface area contributed by atoms with Crippen LogP contribution >= 0.6 is 22.6 Å². The number of likely N-dealkylation sites (tertiary alicyclic amines) is 1. The molecule has 1 aliphatic heterocycles. The van der Waals surface area contributed by atoms with Gasteiger partial charge in [0.15, 0.2) is 6.19 Å². The first kappa shape index (κ1) is 18.3. The van der Waals surface area contributed by atoms with E-state index >= 15 is 0 Å². The maximum absolute atomic E-state index is 12.6. The lowest BCUT2D eigenvalue weighted by Gasteiger charge is -2.15. The molecule has 0 saturated carbocycles. The van der Waals surface area contributed by atoms with Crippen LogP contribution in [-0.2, 0) is 10.0 Å². The third kappa shape index (κ3) is 4.96. The zero-order valence-electron chi connectivity index (χ0n) is 13.0. The molecule has 0 bridgehead atoms. The average molecular weight is 448 g/mol. The molecule has 0 spiro atoms. The number of nitrogens with zero attached hydrogens (tertiary/aromatic N) is 2. The summed E-state index contributed by atoms with van der Waals surface area (Å²) in [6.07, 6.45) is 4.83. The molecular formula is C15H21IN4O2S. The van der Waals surface area contributed by atoms with Gasteiger partial charge >= 0.3 is 0 Å². The topological polar surface area (TPSA) is 85.2 Å². The predicted molar refractivity (Wildman–Crippen MR) is 98.5 cm³/mol. The van der Waals surface area contributed by atoms with Gasteiger partial charge in [-0.2, -0.15) is 5.26 Å². The van der Waals surface area contributed by atoms with E-state index in [0.717, 1.165) is 25.1 Å². The summed E-state index contributed by atoms with van der Waals surface area (Å²) < 4.78 is 28.7. The minimum atomic E-state index is -3.59. The molecule has 23 heavy (non-hydrogen) atoms. The number of sulfonamides is 1. The molecule has 1 aromatic carbocycles. The lowest BCUT2D eigenvalue weighted by atomic mass is 10.3. The van der Waals surface area contributed by atoms with Gasteiger partial charge in [0.1, 0.15) is 0 Å². The molecule has 1 atom stereocenters. The molecule has 2 N–H and O–H groups in total. The standard InChI is InChI=1S/C15H21IN4O2S/c1-2-3-7-18-12-4-5-14(16)15(9-12)23(21,22)19-13-6-8-20(10-13)11-17/h4-5,9,13,18-19H,2-3,6-8,10H2,1H3/t13-/m1/s1. The first-order chi connectivity index (χ1) is 11.0. The molecule has 1 saturated heterocycles. The van der Waals surface area contributed by atoms with Crippen LogP contribution in [0.25, 0.3) is 0 Å². The highest BCUT2D eigenvalue weighted by atomic mass is 127. The summed E-state index contributed by atoms with van der Waals surface area (Å²) in [5.41, 5.74) is 0.810. The second-order valence-corrected chi connectivity index (χ2v) is 8.42. The highest BCUT2D eigenvalue weighted by molar-refractivity contribution is 14.1. The number of unbranched alkanes of at least 4 members (excludes halogenated alkanes) is 1. The van der Waals surface area contributed by atoms with E-state index in [1.54, 1.807) is 17.0 Å². The quantitative estimate of drug-likeness (QED) is 0.380. The van der Waals surface area contributed by atoms with Gasteiger partial charge in [-0.05, 0) is 53.6 Å². The van der Waals surface area contributed by atoms with Crippen molar-refractivity contribution >= 4 is 38.3 Å². The molecule has 126 valence electrons. The van der Waals surface area contributed by atoms with Crippen LogP contribution in [0.4, 0.5) is 5.69 Å². The molecule has 0 aromatic heterocycles. The average Bonchev–Trinajstić information content (AvgIpc) is 2.96. The van der Waals surface area contributed by atoms with Gasteiger partial charge in [-0.15, -0.1) is 0 Å². The van der Waals surface area contributed by atoms with Crippen molar-refractivity contribution in [1.29, 1.82) is 5.26 Å². The Morgan fingerprint density at radius 2 is 2.26 bits per heavy atom. The molecule has 1 aliphatic rings. The van der Waals surface area contributed by atoms with E-state index < -0.39 is 10.0 Å². The first-order valence-electron chi connectivity index (χ1n) is 7.66. The largest absolute Gasteiger partial charge is 0.385 e. The minimum absolute atomic E-state index is 0.216. The number of hydrogen-bond donors (Lipinski definition) is 2. The highest BCUT2D eigenvalue weighted by Crippen LogP contribution is 2.23. The molecule has 0 radical (unpaired) electrons. The van der Waals surface area contributed by atoms with Crippen LogP contribution in [0.2, 0.25) is 0 Å². The van der Waals surface area contributed by atoms with Gasteiger partial charge in [0.05, 0.1) is 4.90 Å². The Balaban J connectivity index is 2.12. The van der Waals surface area contributed by atoms with Gasteiger partial charge in [-0.1, -0.05) is 13.3 Å². The molecule has 1 fully saturated rings. The SMILES string of the molecule is CCCCNc1ccc(I)c(S(=O)(=O)N[C@@H]2CCN(C#N)C2)c1. The van der Waals surface area contributed by atoms with Gasteiger partial charge < -0.3 is 10.2 Å². The Bertz CT molecular complexity index is 687. The third-order valence-corrected chi connectivity index (χ3v) is 6.60. The van der Waals surface area contributed by atoms with E-state index in [4.69, 9.17) is 5.26 Å². The number of halogens is 1. The third-order valence-electron chi connectivity index (χ3n) is 3.73. The van der Waals surface area contributed by atoms with Gasteiger partial charge in [-0.25, -0.2) is 13.1 Å². The monoisotopic (exact) mass is 448 g/mol. The smallest absolute Gasteiger partial charge is 0.242 e. The second-order valence-electron chi connectivity index (χ2n) is 5.58. The minimum Gasteiger partial charge on any atom is -0.385 e. The van der Waals surface area contributed by atoms with Crippen LogP contribution in [0.5, 0.6) is 0 Å². The summed E-state index contributed by atoms with van der Waals surface area (Å²) in [5, 5.41) is 12.1. The number of benzene rings is 1. The Labute approximate surface area is 151 Å². The van der Waals surface area contributed by atoms with Crippen LogP contribution in [0.1, 0.15) is 26.2 Å². The highest BCUT2D eigenvalue weighted by Gasteiger charge is 2.28. The van der Waals surface area contributed by atoms with Crippen molar-refractivity contribution in [1.82, 2.24) is 9.62 Å². The van der Waals surface area contributed by atoms with Crippen molar-refractivity contribution in [3.8, 4) is 6.19 Å². The van der Waals surface area contributed by atoms with Crippen LogP contribution < -0.4 is 10.0 Å². The summed E-state index contributed by atoms with van der Waals surface area (Å²) in [6.45, 7) is 3.96. The molecule has 1 heterocycles. The zero-order valence-corrected chi connectivity index (χ0v) is 16.0. The van der Waals surface area contributed by atoms with Crippen molar-refractivity contribution in [2.45, 2.75) is 37.1 Å². The summed E-state index contributed by atoms with van der Waals surface area (Å²) >= 11 is 2.04. The van der Waals surface area contributed by atoms with Crippen molar-refractivity contribution in [2.75, 3.05) is 25.0 Å². The molecule has 1 aromatic rings. The van der Waals surface area contributed by atoms with Crippen molar-refractivity contribution < 1.29 is 8.42 Å². The fourth-order valence-corrected chi connectivity index (χ4v) is 5.03. The van der Waals surface area contributed by atoms with E-state index in [0.29, 0.717) is 23.1 Å². The van der Waals surface area contributed by atoms with Gasteiger partial charge in [0.25, 0.3) is 0 Å². The van der Waals surface area contributed by atoms with Crippen LogP contribution in [-0.4, -0.2) is 39.0 Å². The zero-order chi connectivity index (χ0) is 16.9. The van der Waals surface area contributed by atoms with E-state index in [1.807, 2.05) is 28.7 Å². The first-order valence-corrected chi connectivity index (χ1v) is 10.2. The normalized spacial score (nSPS) is 18.0. The fraction of sp³-hybridized carbons (Fsp3) is 0.533. The van der Waals surface area contributed by atoms with Crippen LogP contribution in [0.3, 0.4) is 0 Å². The fourth-order valence-electron chi connectivity index (χ4n) is 2.46. The maximum Gasteiger partial charge on any atom is 0.242 e. The molecule has 8 heteroatoms. The van der Waals surface area contributed by atoms with E-state index in [1.165, 1.54) is 0 Å². The van der Waals surface area contributed by atoms with Crippen molar-refractivity contribution in [3.05, 3.63) is 21.8 Å². The Hall–Kier alpha value is -1.05. The molecule has 6 nitrogen and oxygen atoms in total. The van der Waals surface area contributed by atoms with Gasteiger partial charge in [0, 0.05) is 34.9 Å². The molecule has 0 unspecified atom stereocenters.